The highest BCUT2D eigenvalue weighted by Gasteiger charge is 2.11. The number of likely N-dealkylation sites (N-methyl/N-ethyl adjacent to an activating group) is 1. The highest BCUT2D eigenvalue weighted by Crippen LogP contribution is 2.13. The topological polar surface area (TPSA) is 38.3 Å². The second-order valence-electron chi connectivity index (χ2n) is 3.19. The normalized spacial score (nSPS) is 11.9. The lowest BCUT2D eigenvalue weighted by Crippen LogP contribution is -2.33. The van der Waals surface area contributed by atoms with Crippen LogP contribution in [-0.4, -0.2) is 19.1 Å². The predicted octanol–water partition coefficient (Wildman–Crippen LogP) is 1.51. The van der Waals surface area contributed by atoms with E-state index in [9.17, 15) is 4.79 Å². The molecule has 0 aliphatic carbocycles. The first kappa shape index (κ1) is 10.6. The molecule has 76 valence electrons. The van der Waals surface area contributed by atoms with Crippen molar-refractivity contribution in [1.29, 1.82) is 0 Å². The molecule has 0 aliphatic heterocycles. The van der Waals surface area contributed by atoms with Crippen LogP contribution < -0.4 is 10.1 Å². The molecule has 1 aromatic carbocycles. The van der Waals surface area contributed by atoms with E-state index in [0.717, 1.165) is 0 Å². The molecule has 1 atom stereocenters. The Morgan fingerprint density at radius 3 is 2.43 bits per heavy atom. The molecule has 1 N–H and O–H groups in total. The summed E-state index contributed by atoms with van der Waals surface area (Å²) in [6, 6.07) is 7.61. The van der Waals surface area contributed by atoms with Crippen LogP contribution in [0.15, 0.2) is 24.3 Å². The van der Waals surface area contributed by atoms with Crippen molar-refractivity contribution in [2.75, 3.05) is 7.05 Å². The minimum atomic E-state index is -0.456. The van der Waals surface area contributed by atoms with Crippen LogP contribution >= 0.6 is 0 Å². The maximum atomic E-state index is 11.1. The summed E-state index contributed by atoms with van der Waals surface area (Å²) in [5.41, 5.74) is 1.17. The van der Waals surface area contributed by atoms with Gasteiger partial charge in [-0.05, 0) is 26.0 Å². The highest BCUT2D eigenvalue weighted by molar-refractivity contribution is 5.80. The van der Waals surface area contributed by atoms with Gasteiger partial charge in [-0.1, -0.05) is 17.7 Å². The Labute approximate surface area is 84.1 Å². The van der Waals surface area contributed by atoms with E-state index in [4.69, 9.17) is 4.74 Å². The number of amides is 1. The van der Waals surface area contributed by atoms with Crippen LogP contribution in [0, 0.1) is 6.92 Å². The molecule has 0 heterocycles. The standard InChI is InChI=1S/C11H15NO2/c1-8-4-6-10(7-5-8)14-9(2)11(13)12-3/h4-7,9H,1-3H3,(H,12,13)/t9-/m1/s1. The molecule has 0 bridgehead atoms. The van der Waals surface area contributed by atoms with Crippen LogP contribution in [0.3, 0.4) is 0 Å². The average molecular weight is 193 g/mol. The monoisotopic (exact) mass is 193 g/mol. The van der Waals surface area contributed by atoms with Crippen molar-refractivity contribution >= 4 is 5.91 Å². The van der Waals surface area contributed by atoms with Crippen molar-refractivity contribution in [2.45, 2.75) is 20.0 Å². The third-order valence-electron chi connectivity index (χ3n) is 1.95. The quantitative estimate of drug-likeness (QED) is 0.790. The summed E-state index contributed by atoms with van der Waals surface area (Å²) in [5.74, 6) is 0.595. The van der Waals surface area contributed by atoms with Gasteiger partial charge in [-0.25, -0.2) is 0 Å². The Balaban J connectivity index is 2.60. The first-order chi connectivity index (χ1) is 6.63. The lowest BCUT2D eigenvalue weighted by atomic mass is 10.2. The summed E-state index contributed by atoms with van der Waals surface area (Å²) in [4.78, 5) is 11.1. The van der Waals surface area contributed by atoms with Gasteiger partial charge in [0.05, 0.1) is 0 Å². The molecular weight excluding hydrogens is 178 g/mol. The van der Waals surface area contributed by atoms with Crippen molar-refractivity contribution in [3.05, 3.63) is 29.8 Å². The van der Waals surface area contributed by atoms with E-state index >= 15 is 0 Å². The molecule has 14 heavy (non-hydrogen) atoms. The van der Waals surface area contributed by atoms with Crippen molar-refractivity contribution < 1.29 is 9.53 Å². The van der Waals surface area contributed by atoms with Gasteiger partial charge < -0.3 is 10.1 Å². The summed E-state index contributed by atoms with van der Waals surface area (Å²) in [5, 5.41) is 2.53. The summed E-state index contributed by atoms with van der Waals surface area (Å²) in [6.07, 6.45) is -0.456. The Kier molecular flexibility index (Phi) is 3.51. The van der Waals surface area contributed by atoms with Gasteiger partial charge in [0.25, 0.3) is 5.91 Å². The fourth-order valence-corrected chi connectivity index (χ4v) is 1.08. The molecule has 0 radical (unpaired) electrons. The van der Waals surface area contributed by atoms with E-state index < -0.39 is 6.10 Å². The Morgan fingerprint density at radius 1 is 1.36 bits per heavy atom. The van der Waals surface area contributed by atoms with Crippen LogP contribution in [-0.2, 0) is 4.79 Å². The van der Waals surface area contributed by atoms with Crippen molar-refractivity contribution in [3.63, 3.8) is 0 Å². The van der Waals surface area contributed by atoms with Gasteiger partial charge in [-0.15, -0.1) is 0 Å². The van der Waals surface area contributed by atoms with Crippen molar-refractivity contribution in [3.8, 4) is 5.75 Å². The van der Waals surface area contributed by atoms with Crippen LogP contribution in [0.2, 0.25) is 0 Å². The number of ether oxygens (including phenoxy) is 1. The highest BCUT2D eigenvalue weighted by atomic mass is 16.5. The third-order valence-corrected chi connectivity index (χ3v) is 1.95. The molecule has 0 spiro atoms. The molecule has 0 fully saturated rings. The number of carbonyl (C=O) groups excluding carboxylic acids is 1. The first-order valence-electron chi connectivity index (χ1n) is 4.58. The molecule has 1 amide bonds. The molecule has 0 saturated carbocycles. The molecule has 0 aliphatic rings. The number of carbonyl (C=O) groups is 1. The van der Waals surface area contributed by atoms with E-state index in [1.165, 1.54) is 5.56 Å². The van der Waals surface area contributed by atoms with E-state index in [-0.39, 0.29) is 5.91 Å². The van der Waals surface area contributed by atoms with Gasteiger partial charge >= 0.3 is 0 Å². The summed E-state index contributed by atoms with van der Waals surface area (Å²) in [6.45, 7) is 3.73. The van der Waals surface area contributed by atoms with Gasteiger partial charge in [0, 0.05) is 7.05 Å². The van der Waals surface area contributed by atoms with E-state index in [1.807, 2.05) is 31.2 Å². The van der Waals surface area contributed by atoms with E-state index in [1.54, 1.807) is 14.0 Å². The number of hydrogen-bond acceptors (Lipinski definition) is 2. The lowest BCUT2D eigenvalue weighted by Gasteiger charge is -2.12. The van der Waals surface area contributed by atoms with Crippen LogP contribution in [0.4, 0.5) is 0 Å². The summed E-state index contributed by atoms with van der Waals surface area (Å²) < 4.78 is 5.41. The zero-order valence-electron chi connectivity index (χ0n) is 8.70. The second-order valence-corrected chi connectivity index (χ2v) is 3.19. The van der Waals surface area contributed by atoms with Crippen LogP contribution in [0.1, 0.15) is 12.5 Å². The molecule has 1 rings (SSSR count). The zero-order valence-corrected chi connectivity index (χ0v) is 8.70. The molecule has 3 heteroatoms. The van der Waals surface area contributed by atoms with Crippen molar-refractivity contribution in [2.24, 2.45) is 0 Å². The maximum Gasteiger partial charge on any atom is 0.260 e. The fourth-order valence-electron chi connectivity index (χ4n) is 1.08. The molecule has 0 unspecified atom stereocenters. The summed E-state index contributed by atoms with van der Waals surface area (Å²) >= 11 is 0. The Morgan fingerprint density at radius 2 is 1.93 bits per heavy atom. The fraction of sp³-hybridized carbons (Fsp3) is 0.364. The number of aryl methyl sites for hydroxylation is 1. The van der Waals surface area contributed by atoms with Gasteiger partial charge in [-0.2, -0.15) is 0 Å². The predicted molar refractivity (Wildman–Crippen MR) is 55.3 cm³/mol. The second kappa shape index (κ2) is 4.65. The number of nitrogens with one attached hydrogen (secondary N) is 1. The SMILES string of the molecule is CNC(=O)[C@@H](C)Oc1ccc(C)cc1. The molecule has 3 nitrogen and oxygen atoms in total. The molecule has 0 saturated heterocycles. The number of hydrogen-bond donors (Lipinski definition) is 1. The minimum absolute atomic E-state index is 0.120. The smallest absolute Gasteiger partial charge is 0.260 e. The van der Waals surface area contributed by atoms with E-state index in [0.29, 0.717) is 5.75 Å². The summed E-state index contributed by atoms with van der Waals surface area (Å²) in [7, 11) is 1.59. The molecule has 1 aromatic rings. The zero-order chi connectivity index (χ0) is 10.6. The Bertz CT molecular complexity index is 306. The van der Waals surface area contributed by atoms with Crippen molar-refractivity contribution in [1.82, 2.24) is 5.32 Å². The third kappa shape index (κ3) is 2.76. The van der Waals surface area contributed by atoms with Gasteiger partial charge in [0.15, 0.2) is 6.10 Å². The minimum Gasteiger partial charge on any atom is -0.481 e. The van der Waals surface area contributed by atoms with Gasteiger partial charge in [0.2, 0.25) is 0 Å². The number of benzene rings is 1. The Hall–Kier alpha value is -1.51. The van der Waals surface area contributed by atoms with Gasteiger partial charge in [0.1, 0.15) is 5.75 Å². The molecular formula is C11H15NO2. The number of rotatable bonds is 3. The lowest BCUT2D eigenvalue weighted by molar-refractivity contribution is -0.126. The van der Waals surface area contributed by atoms with Crippen LogP contribution in [0.25, 0.3) is 0 Å². The first-order valence-corrected chi connectivity index (χ1v) is 4.58. The van der Waals surface area contributed by atoms with Gasteiger partial charge in [-0.3, -0.25) is 4.79 Å². The van der Waals surface area contributed by atoms with E-state index in [2.05, 4.69) is 5.32 Å². The average Bonchev–Trinajstić information content (AvgIpc) is 2.20. The van der Waals surface area contributed by atoms with Crippen LogP contribution in [0.5, 0.6) is 5.75 Å². The molecule has 0 aromatic heterocycles. The largest absolute Gasteiger partial charge is 0.481 e. The maximum absolute atomic E-state index is 11.1.